The molecule has 1 aromatic carbocycles. The molecule has 0 spiro atoms. The zero-order valence-corrected chi connectivity index (χ0v) is 11.1. The van der Waals surface area contributed by atoms with Gasteiger partial charge in [0.25, 0.3) is 5.56 Å². The first-order valence-corrected chi connectivity index (χ1v) is 6.54. The Hall–Kier alpha value is -2.14. The van der Waals surface area contributed by atoms with Gasteiger partial charge in [-0.05, 0) is 29.9 Å². The number of hydrogen-bond donors (Lipinski definition) is 1. The van der Waals surface area contributed by atoms with Crippen LogP contribution in [0.5, 0.6) is 0 Å². The Morgan fingerprint density at radius 1 is 1.45 bits per heavy atom. The summed E-state index contributed by atoms with van der Waals surface area (Å²) in [6.07, 6.45) is 0.615. The van der Waals surface area contributed by atoms with Gasteiger partial charge in [0, 0.05) is 13.7 Å². The Bertz CT molecular complexity index is 747. The molecule has 0 fully saturated rings. The van der Waals surface area contributed by atoms with E-state index in [1.807, 2.05) is 18.2 Å². The summed E-state index contributed by atoms with van der Waals surface area (Å²) in [7, 11) is 1.30. The largest absolute Gasteiger partial charge is 0.479 e. The molecule has 1 aliphatic heterocycles. The van der Waals surface area contributed by atoms with Gasteiger partial charge >= 0.3 is 5.97 Å². The van der Waals surface area contributed by atoms with Crippen LogP contribution in [-0.4, -0.2) is 22.8 Å². The third-order valence-electron chi connectivity index (χ3n) is 3.79. The standard InChI is InChI=1S/C15H15NO4/c1-20-13(15(18)19)11-8-10-5-2-4-9-6-3-7-16(12(9)10)14(11)17/h2,4-5,8,13H,3,6-7H2,1H3,(H,18,19)/t13-/m1/s1. The van der Waals surface area contributed by atoms with Crippen LogP contribution < -0.4 is 5.56 Å². The molecule has 5 nitrogen and oxygen atoms in total. The second kappa shape index (κ2) is 4.76. The van der Waals surface area contributed by atoms with Gasteiger partial charge in [-0.25, -0.2) is 4.79 Å². The third-order valence-corrected chi connectivity index (χ3v) is 3.79. The van der Waals surface area contributed by atoms with E-state index in [2.05, 4.69) is 0 Å². The van der Waals surface area contributed by atoms with Crippen LogP contribution in [0.1, 0.15) is 23.7 Å². The summed E-state index contributed by atoms with van der Waals surface area (Å²) in [4.78, 5) is 23.8. The molecule has 104 valence electrons. The van der Waals surface area contributed by atoms with Crippen LogP contribution in [0.4, 0.5) is 0 Å². The zero-order chi connectivity index (χ0) is 14.3. The Morgan fingerprint density at radius 2 is 2.25 bits per heavy atom. The maximum absolute atomic E-state index is 12.5. The van der Waals surface area contributed by atoms with Crippen LogP contribution in [-0.2, 0) is 22.5 Å². The van der Waals surface area contributed by atoms with Crippen molar-refractivity contribution < 1.29 is 14.6 Å². The molecule has 1 N–H and O–H groups in total. The average molecular weight is 273 g/mol. The fraction of sp³-hybridized carbons (Fsp3) is 0.333. The van der Waals surface area contributed by atoms with E-state index >= 15 is 0 Å². The van der Waals surface area contributed by atoms with Crippen molar-refractivity contribution in [3.05, 3.63) is 45.7 Å². The van der Waals surface area contributed by atoms with E-state index in [9.17, 15) is 14.7 Å². The predicted octanol–water partition coefficient (Wildman–Crippen LogP) is 1.72. The first-order chi connectivity index (χ1) is 9.63. The minimum Gasteiger partial charge on any atom is -0.479 e. The summed E-state index contributed by atoms with van der Waals surface area (Å²) in [6, 6.07) is 7.50. The Morgan fingerprint density at radius 3 is 2.95 bits per heavy atom. The molecule has 3 rings (SSSR count). The highest BCUT2D eigenvalue weighted by molar-refractivity contribution is 5.85. The first kappa shape index (κ1) is 12.9. The molecule has 5 heteroatoms. The molecule has 2 aromatic rings. The van der Waals surface area contributed by atoms with Crippen LogP contribution in [0, 0.1) is 0 Å². The van der Waals surface area contributed by atoms with Crippen molar-refractivity contribution in [1.29, 1.82) is 0 Å². The van der Waals surface area contributed by atoms with Gasteiger partial charge in [-0.2, -0.15) is 0 Å². The van der Waals surface area contributed by atoms with Crippen molar-refractivity contribution in [2.24, 2.45) is 0 Å². The van der Waals surface area contributed by atoms with Crippen molar-refractivity contribution in [1.82, 2.24) is 4.57 Å². The molecule has 0 radical (unpaired) electrons. The fourth-order valence-corrected chi connectivity index (χ4v) is 2.93. The molecule has 0 saturated carbocycles. The number of ether oxygens (including phenoxy) is 1. The minimum absolute atomic E-state index is 0.187. The lowest BCUT2D eigenvalue weighted by atomic mass is 9.99. The predicted molar refractivity (Wildman–Crippen MR) is 73.9 cm³/mol. The van der Waals surface area contributed by atoms with Gasteiger partial charge in [-0.1, -0.05) is 18.2 Å². The summed E-state index contributed by atoms with van der Waals surface area (Å²) >= 11 is 0. The molecule has 1 aliphatic rings. The number of aliphatic carboxylic acids is 1. The Kier molecular flexibility index (Phi) is 3.06. The van der Waals surface area contributed by atoms with Crippen LogP contribution in [0.2, 0.25) is 0 Å². The van der Waals surface area contributed by atoms with Crippen molar-refractivity contribution >= 4 is 16.9 Å². The Labute approximate surface area is 115 Å². The third kappa shape index (κ3) is 1.82. The average Bonchev–Trinajstić information content (AvgIpc) is 2.44. The molecular weight excluding hydrogens is 258 g/mol. The normalized spacial score (nSPS) is 15.2. The highest BCUT2D eigenvalue weighted by Crippen LogP contribution is 2.26. The van der Waals surface area contributed by atoms with Gasteiger partial charge < -0.3 is 14.4 Å². The van der Waals surface area contributed by atoms with Gasteiger partial charge in [-0.3, -0.25) is 4.79 Å². The summed E-state index contributed by atoms with van der Waals surface area (Å²) in [5, 5.41) is 10.1. The number of carboxylic acids is 1. The van der Waals surface area contributed by atoms with Crippen molar-refractivity contribution in [2.45, 2.75) is 25.5 Å². The maximum Gasteiger partial charge on any atom is 0.337 e. The molecule has 0 amide bonds. The second-order valence-corrected chi connectivity index (χ2v) is 4.97. The maximum atomic E-state index is 12.5. The number of carbonyl (C=O) groups is 1. The number of rotatable bonds is 3. The van der Waals surface area contributed by atoms with Crippen molar-refractivity contribution in [3.63, 3.8) is 0 Å². The molecule has 1 atom stereocenters. The molecule has 0 bridgehead atoms. The lowest BCUT2D eigenvalue weighted by Gasteiger charge is -2.21. The number of carboxylic acid groups (broad SMARTS) is 1. The van der Waals surface area contributed by atoms with E-state index in [-0.39, 0.29) is 11.1 Å². The van der Waals surface area contributed by atoms with E-state index in [0.29, 0.717) is 6.54 Å². The van der Waals surface area contributed by atoms with Crippen molar-refractivity contribution in [2.75, 3.05) is 7.11 Å². The van der Waals surface area contributed by atoms with Crippen LogP contribution in [0.15, 0.2) is 29.1 Å². The number of aromatic nitrogens is 1. The zero-order valence-electron chi connectivity index (χ0n) is 11.1. The number of para-hydroxylation sites is 1. The summed E-state index contributed by atoms with van der Waals surface area (Å²) in [5.74, 6) is -1.15. The van der Waals surface area contributed by atoms with Crippen LogP contribution in [0.25, 0.3) is 10.9 Å². The molecule has 2 heterocycles. The van der Waals surface area contributed by atoms with Gasteiger partial charge in [0.1, 0.15) is 0 Å². The van der Waals surface area contributed by atoms with Gasteiger partial charge in [0.15, 0.2) is 6.10 Å². The van der Waals surface area contributed by atoms with E-state index in [4.69, 9.17) is 4.74 Å². The lowest BCUT2D eigenvalue weighted by molar-refractivity contribution is -0.149. The quantitative estimate of drug-likeness (QED) is 0.924. The fourth-order valence-electron chi connectivity index (χ4n) is 2.93. The second-order valence-electron chi connectivity index (χ2n) is 4.97. The first-order valence-electron chi connectivity index (χ1n) is 6.54. The van der Waals surface area contributed by atoms with E-state index < -0.39 is 12.1 Å². The van der Waals surface area contributed by atoms with E-state index in [0.717, 1.165) is 29.3 Å². The van der Waals surface area contributed by atoms with Crippen LogP contribution in [0.3, 0.4) is 0 Å². The molecule has 0 unspecified atom stereocenters. The van der Waals surface area contributed by atoms with Gasteiger partial charge in [0.05, 0.1) is 11.1 Å². The van der Waals surface area contributed by atoms with Crippen molar-refractivity contribution in [3.8, 4) is 0 Å². The number of pyridine rings is 1. The number of methoxy groups -OCH3 is 1. The summed E-state index contributed by atoms with van der Waals surface area (Å²) in [5.41, 5.74) is 1.99. The number of benzene rings is 1. The highest BCUT2D eigenvalue weighted by Gasteiger charge is 2.25. The molecular formula is C15H15NO4. The Balaban J connectivity index is 2.34. The number of hydrogen-bond acceptors (Lipinski definition) is 3. The number of nitrogens with zero attached hydrogens (tertiary/aromatic N) is 1. The molecule has 0 aliphatic carbocycles. The smallest absolute Gasteiger partial charge is 0.337 e. The summed E-state index contributed by atoms with van der Waals surface area (Å²) in [6.45, 7) is 0.621. The monoisotopic (exact) mass is 273 g/mol. The van der Waals surface area contributed by atoms with E-state index in [1.54, 1.807) is 10.6 Å². The highest BCUT2D eigenvalue weighted by atomic mass is 16.5. The SMILES string of the molecule is CO[C@@H](C(=O)O)c1cc2cccc3c2n(c1=O)CCC3. The topological polar surface area (TPSA) is 68.5 Å². The van der Waals surface area contributed by atoms with Gasteiger partial charge in [-0.15, -0.1) is 0 Å². The minimum atomic E-state index is -1.22. The van der Waals surface area contributed by atoms with Gasteiger partial charge in [0.2, 0.25) is 0 Å². The number of aryl methyl sites for hydroxylation is 2. The molecule has 0 saturated heterocycles. The molecule has 1 aromatic heterocycles. The summed E-state index contributed by atoms with van der Waals surface area (Å²) < 4.78 is 6.64. The molecule has 20 heavy (non-hydrogen) atoms. The van der Waals surface area contributed by atoms with Crippen LogP contribution >= 0.6 is 0 Å². The van der Waals surface area contributed by atoms with E-state index in [1.165, 1.54) is 7.11 Å². The lowest BCUT2D eigenvalue weighted by Crippen LogP contribution is -2.31.